The number of alkyl halides is 3. The summed E-state index contributed by atoms with van der Waals surface area (Å²) in [6, 6.07) is 5.49. The van der Waals surface area contributed by atoms with Gasteiger partial charge in [0.05, 0.1) is 29.1 Å². The van der Waals surface area contributed by atoms with E-state index < -0.39 is 21.2 Å². The summed E-state index contributed by atoms with van der Waals surface area (Å²) in [4.78, 5) is 12.5. The molecule has 7 nitrogen and oxygen atoms in total. The van der Waals surface area contributed by atoms with Gasteiger partial charge in [0.25, 0.3) is 0 Å². The molecule has 0 radical (unpaired) electrons. The van der Waals surface area contributed by atoms with E-state index in [1.807, 2.05) is 0 Å². The van der Waals surface area contributed by atoms with Crippen LogP contribution < -0.4 is 10.3 Å². The van der Waals surface area contributed by atoms with E-state index in [-0.39, 0.29) is 35.4 Å². The molecule has 0 spiro atoms. The monoisotopic (exact) mass is 448 g/mol. The molecule has 3 rings (SSSR count). The van der Waals surface area contributed by atoms with Crippen LogP contribution >= 0.6 is 0 Å². The van der Waals surface area contributed by atoms with Crippen molar-refractivity contribution in [3.8, 4) is 0 Å². The molecule has 2 aromatic rings. The molecule has 0 bridgehead atoms. The minimum atomic E-state index is -5.58. The second-order valence-corrected chi connectivity index (χ2v) is 8.95. The van der Waals surface area contributed by atoms with Crippen LogP contribution in [0.15, 0.2) is 33.6 Å². The second-order valence-electron chi connectivity index (χ2n) is 7.28. The molecule has 1 aliphatic carbocycles. The number of nitrogens with zero attached hydrogens (tertiary/aromatic N) is 1. The molecule has 1 aromatic carbocycles. The Bertz CT molecular complexity index is 1060. The zero-order chi connectivity index (χ0) is 22.1. The first kappa shape index (κ1) is 22.4. The normalized spacial score (nSPS) is 20.3. The number of hydrogen-bond donors (Lipinski definition) is 1. The molecule has 2 atom stereocenters. The van der Waals surface area contributed by atoms with Gasteiger partial charge in [0.15, 0.2) is 0 Å². The zero-order valence-corrected chi connectivity index (χ0v) is 17.3. The van der Waals surface area contributed by atoms with Crippen molar-refractivity contribution in [1.29, 1.82) is 0 Å². The van der Waals surface area contributed by atoms with E-state index in [9.17, 15) is 26.4 Å². The second kappa shape index (κ2) is 8.46. The summed E-state index contributed by atoms with van der Waals surface area (Å²) in [5.41, 5.74) is -5.27. The number of anilines is 1. The molecule has 0 aliphatic heterocycles. The molecule has 30 heavy (non-hydrogen) atoms. The van der Waals surface area contributed by atoms with Crippen molar-refractivity contribution in [3.63, 3.8) is 0 Å². The molecule has 1 heterocycles. The maximum Gasteiger partial charge on any atom is 0.516 e. The Labute approximate surface area is 171 Å². The summed E-state index contributed by atoms with van der Waals surface area (Å²) in [6.07, 6.45) is 3.40. The minimum Gasteiger partial charge on any atom is -0.379 e. The Kier molecular flexibility index (Phi) is 6.32. The zero-order valence-electron chi connectivity index (χ0n) is 16.5. The first-order valence-electron chi connectivity index (χ1n) is 9.46. The highest BCUT2D eigenvalue weighted by molar-refractivity contribution is 7.93. The van der Waals surface area contributed by atoms with Gasteiger partial charge in [0, 0.05) is 13.5 Å². The number of aromatic nitrogens is 1. The Hall–Kier alpha value is -2.27. The van der Waals surface area contributed by atoms with Crippen LogP contribution in [0.25, 0.3) is 0 Å². The first-order chi connectivity index (χ1) is 14.0. The van der Waals surface area contributed by atoms with Gasteiger partial charge < -0.3 is 9.26 Å². The lowest BCUT2D eigenvalue weighted by Crippen LogP contribution is -2.30. The lowest BCUT2D eigenvalue weighted by molar-refractivity contribution is -0.0429. The number of hydrogen-bond acceptors (Lipinski definition) is 5. The lowest BCUT2D eigenvalue weighted by Gasteiger charge is -2.30. The van der Waals surface area contributed by atoms with Gasteiger partial charge in [-0.05, 0) is 31.4 Å². The third kappa shape index (κ3) is 4.41. The summed E-state index contributed by atoms with van der Waals surface area (Å²) in [7, 11) is -3.98. The average molecular weight is 448 g/mol. The Balaban J connectivity index is 1.93. The predicted octanol–water partition coefficient (Wildman–Crippen LogP) is 3.73. The van der Waals surface area contributed by atoms with Crippen LogP contribution in [0.4, 0.5) is 18.9 Å². The van der Waals surface area contributed by atoms with Gasteiger partial charge in [-0.25, -0.2) is 9.53 Å². The topological polar surface area (TPSA) is 90.5 Å². The van der Waals surface area contributed by atoms with Crippen molar-refractivity contribution in [3.05, 3.63) is 51.5 Å². The Morgan fingerprint density at radius 2 is 1.90 bits per heavy atom. The Morgan fingerprint density at radius 3 is 2.57 bits per heavy atom. The van der Waals surface area contributed by atoms with Crippen molar-refractivity contribution in [2.75, 3.05) is 11.8 Å². The molecule has 0 amide bonds. The molecule has 1 saturated carbocycles. The van der Waals surface area contributed by atoms with Gasteiger partial charge >= 0.3 is 21.2 Å². The number of benzene rings is 1. The van der Waals surface area contributed by atoms with Crippen LogP contribution in [0.2, 0.25) is 0 Å². The average Bonchev–Trinajstić information content (AvgIpc) is 2.96. The van der Waals surface area contributed by atoms with Gasteiger partial charge in [0.2, 0.25) is 0 Å². The van der Waals surface area contributed by atoms with Gasteiger partial charge in [-0.1, -0.05) is 31.0 Å². The molecular weight excluding hydrogens is 425 g/mol. The van der Waals surface area contributed by atoms with E-state index in [4.69, 9.17) is 9.26 Å². The van der Waals surface area contributed by atoms with Crippen molar-refractivity contribution >= 4 is 15.7 Å². The highest BCUT2D eigenvalue weighted by atomic mass is 32.2. The number of rotatable bonds is 6. The predicted molar refractivity (Wildman–Crippen MR) is 104 cm³/mol. The molecule has 2 unspecified atom stereocenters. The molecular formula is C19H23F3N2O5S. The van der Waals surface area contributed by atoms with Crippen LogP contribution in [0, 0.1) is 6.92 Å². The maximum atomic E-state index is 12.8. The number of para-hydroxylation sites is 1. The SMILES string of the molecule is COC1CCCCC1n1oc(=O)c(Cc2ccccc2NS(=O)(=O)C(F)(F)F)c1C. The fourth-order valence-corrected chi connectivity index (χ4v) is 4.40. The van der Waals surface area contributed by atoms with Crippen molar-refractivity contribution in [1.82, 2.24) is 4.74 Å². The minimum absolute atomic E-state index is 0.0813. The van der Waals surface area contributed by atoms with Gasteiger partial charge in [-0.2, -0.15) is 21.6 Å². The third-order valence-electron chi connectivity index (χ3n) is 5.40. The Morgan fingerprint density at radius 1 is 1.23 bits per heavy atom. The molecule has 1 aliphatic rings. The fourth-order valence-electron chi connectivity index (χ4n) is 3.80. The summed E-state index contributed by atoms with van der Waals surface area (Å²) >= 11 is 0. The fraction of sp³-hybridized carbons (Fsp3) is 0.526. The highest BCUT2D eigenvalue weighted by Gasteiger charge is 2.46. The largest absolute Gasteiger partial charge is 0.516 e. The van der Waals surface area contributed by atoms with E-state index in [1.165, 1.54) is 22.9 Å². The van der Waals surface area contributed by atoms with Gasteiger partial charge in [-0.3, -0.25) is 4.72 Å². The van der Waals surface area contributed by atoms with E-state index in [1.54, 1.807) is 24.8 Å². The molecule has 1 aromatic heterocycles. The van der Waals surface area contributed by atoms with Crippen molar-refractivity contribution < 1.29 is 30.8 Å². The molecule has 166 valence electrons. The number of methoxy groups -OCH3 is 1. The highest BCUT2D eigenvalue weighted by Crippen LogP contribution is 2.33. The van der Waals surface area contributed by atoms with E-state index >= 15 is 0 Å². The summed E-state index contributed by atoms with van der Waals surface area (Å²) < 4.78 is 75.3. The van der Waals surface area contributed by atoms with Gasteiger partial charge in [0.1, 0.15) is 0 Å². The summed E-state index contributed by atoms with van der Waals surface area (Å²) in [5, 5.41) is 0. The van der Waals surface area contributed by atoms with Crippen LogP contribution in [-0.4, -0.2) is 31.9 Å². The standard InChI is InChI=1S/C19H23F3N2O5S/c1-12-14(18(25)29-24(12)16-9-5-6-10-17(16)28-2)11-13-7-3-4-8-15(13)23-30(26,27)19(20,21)22/h3-4,7-8,16-17,23H,5-6,9-11H2,1-2H3. The third-order valence-corrected chi connectivity index (χ3v) is 6.50. The number of sulfonamides is 1. The van der Waals surface area contributed by atoms with E-state index in [0.717, 1.165) is 25.7 Å². The first-order valence-corrected chi connectivity index (χ1v) is 10.9. The lowest BCUT2D eigenvalue weighted by atomic mass is 9.92. The van der Waals surface area contributed by atoms with Crippen LogP contribution in [0.5, 0.6) is 0 Å². The van der Waals surface area contributed by atoms with Crippen molar-refractivity contribution in [2.24, 2.45) is 0 Å². The quantitative estimate of drug-likeness (QED) is 0.727. The number of halogens is 3. The van der Waals surface area contributed by atoms with Crippen LogP contribution in [0.3, 0.4) is 0 Å². The molecule has 0 saturated heterocycles. The molecule has 1 fully saturated rings. The smallest absolute Gasteiger partial charge is 0.379 e. The molecule has 1 N–H and O–H groups in total. The number of nitrogens with one attached hydrogen (secondary N) is 1. The number of ether oxygens (including phenoxy) is 1. The van der Waals surface area contributed by atoms with Crippen molar-refractivity contribution in [2.45, 2.75) is 56.7 Å². The van der Waals surface area contributed by atoms with E-state index in [0.29, 0.717) is 5.69 Å². The van der Waals surface area contributed by atoms with Gasteiger partial charge in [-0.15, -0.1) is 0 Å². The van der Waals surface area contributed by atoms with Crippen LogP contribution in [-0.2, 0) is 21.2 Å². The van der Waals surface area contributed by atoms with E-state index in [2.05, 4.69) is 0 Å². The summed E-state index contributed by atoms with van der Waals surface area (Å²) in [6.45, 7) is 1.70. The van der Waals surface area contributed by atoms with Crippen LogP contribution in [0.1, 0.15) is 48.5 Å². The molecule has 11 heteroatoms. The maximum absolute atomic E-state index is 12.8. The summed E-state index contributed by atoms with van der Waals surface area (Å²) in [5.74, 6) is 0.